The van der Waals surface area contributed by atoms with Gasteiger partial charge in [0.25, 0.3) is 0 Å². The molecule has 21 heavy (non-hydrogen) atoms. The summed E-state index contributed by atoms with van der Waals surface area (Å²) >= 11 is 0. The number of rotatable bonds is 6. The van der Waals surface area contributed by atoms with E-state index in [4.69, 9.17) is 9.15 Å². The number of carbonyl (C=O) groups excluding carboxylic acids is 1. The molecule has 0 radical (unpaired) electrons. The van der Waals surface area contributed by atoms with E-state index in [0.29, 0.717) is 18.2 Å². The van der Waals surface area contributed by atoms with Crippen molar-refractivity contribution in [1.29, 1.82) is 0 Å². The summed E-state index contributed by atoms with van der Waals surface area (Å²) in [4.78, 5) is 15.4. The number of furan rings is 1. The highest BCUT2D eigenvalue weighted by Gasteiger charge is 2.15. The quantitative estimate of drug-likeness (QED) is 0.823. The number of hydrogen-bond acceptors (Lipinski definition) is 6. The van der Waals surface area contributed by atoms with Crippen LogP contribution in [0.3, 0.4) is 0 Å². The van der Waals surface area contributed by atoms with Gasteiger partial charge >= 0.3 is 5.97 Å². The molecule has 2 heterocycles. The van der Waals surface area contributed by atoms with Gasteiger partial charge in [0, 0.05) is 18.8 Å². The van der Waals surface area contributed by atoms with Crippen molar-refractivity contribution in [2.45, 2.75) is 19.5 Å². The van der Waals surface area contributed by atoms with E-state index in [1.54, 1.807) is 25.4 Å². The summed E-state index contributed by atoms with van der Waals surface area (Å²) in [5.74, 6) is 0.975. The molecule has 0 saturated carbocycles. The van der Waals surface area contributed by atoms with E-state index in [1.807, 2.05) is 19.1 Å². The van der Waals surface area contributed by atoms with Gasteiger partial charge in [0.05, 0.1) is 20.3 Å². The van der Waals surface area contributed by atoms with Crippen molar-refractivity contribution < 1.29 is 18.7 Å². The molecule has 6 heteroatoms. The third kappa shape index (κ3) is 3.82. The lowest BCUT2D eigenvalue weighted by Gasteiger charge is -2.11. The summed E-state index contributed by atoms with van der Waals surface area (Å²) in [6.07, 6.45) is 1.70. The Balaban J connectivity index is 1.96. The maximum Gasteiger partial charge on any atom is 0.373 e. The van der Waals surface area contributed by atoms with Gasteiger partial charge in [-0.1, -0.05) is 0 Å². The minimum Gasteiger partial charge on any atom is -0.481 e. The van der Waals surface area contributed by atoms with Gasteiger partial charge in [0.1, 0.15) is 5.76 Å². The Labute approximate surface area is 123 Å². The van der Waals surface area contributed by atoms with Crippen LogP contribution in [0.25, 0.3) is 0 Å². The molecular formula is C15H18N2O4. The molecule has 1 N–H and O–H groups in total. The molecule has 1 unspecified atom stereocenters. The van der Waals surface area contributed by atoms with Gasteiger partial charge in [0.2, 0.25) is 11.6 Å². The van der Waals surface area contributed by atoms with Crippen molar-refractivity contribution in [1.82, 2.24) is 10.3 Å². The Bertz CT molecular complexity index is 609. The second-order valence-electron chi connectivity index (χ2n) is 4.50. The third-order valence-corrected chi connectivity index (χ3v) is 3.06. The Hall–Kier alpha value is -2.34. The number of carbonyl (C=O) groups is 1. The van der Waals surface area contributed by atoms with Gasteiger partial charge in [0.15, 0.2) is 0 Å². The molecule has 2 aromatic heterocycles. The van der Waals surface area contributed by atoms with Crippen LogP contribution in [0.2, 0.25) is 0 Å². The third-order valence-electron chi connectivity index (χ3n) is 3.06. The summed E-state index contributed by atoms with van der Waals surface area (Å²) in [7, 11) is 2.91. The monoisotopic (exact) mass is 290 g/mol. The predicted octanol–water partition coefficient (Wildman–Crippen LogP) is 2.32. The Kier molecular flexibility index (Phi) is 4.94. The Morgan fingerprint density at radius 2 is 2.19 bits per heavy atom. The van der Waals surface area contributed by atoms with Crippen LogP contribution in [0.1, 0.15) is 34.8 Å². The average Bonchev–Trinajstić information content (AvgIpc) is 3.02. The molecule has 0 aliphatic carbocycles. The highest BCUT2D eigenvalue weighted by molar-refractivity contribution is 5.86. The van der Waals surface area contributed by atoms with Crippen LogP contribution in [0, 0.1) is 0 Å². The van der Waals surface area contributed by atoms with E-state index in [9.17, 15) is 4.79 Å². The van der Waals surface area contributed by atoms with Crippen molar-refractivity contribution >= 4 is 5.97 Å². The predicted molar refractivity (Wildman–Crippen MR) is 76.1 cm³/mol. The lowest BCUT2D eigenvalue weighted by Crippen LogP contribution is -2.17. The molecule has 0 spiro atoms. The summed E-state index contributed by atoms with van der Waals surface area (Å²) in [5.41, 5.74) is 1.05. The molecule has 2 rings (SSSR count). The van der Waals surface area contributed by atoms with Crippen molar-refractivity contribution in [3.8, 4) is 5.88 Å². The number of hydrogen-bond donors (Lipinski definition) is 1. The molecule has 2 aromatic rings. The second kappa shape index (κ2) is 6.90. The van der Waals surface area contributed by atoms with E-state index in [2.05, 4.69) is 15.0 Å². The highest BCUT2D eigenvalue weighted by Crippen LogP contribution is 2.18. The molecular weight excluding hydrogens is 272 g/mol. The minimum atomic E-state index is -0.479. The van der Waals surface area contributed by atoms with Gasteiger partial charge < -0.3 is 19.2 Å². The summed E-state index contributed by atoms with van der Waals surface area (Å²) in [6.45, 7) is 2.59. The second-order valence-corrected chi connectivity index (χ2v) is 4.50. The Morgan fingerprint density at radius 3 is 2.90 bits per heavy atom. The highest BCUT2D eigenvalue weighted by atomic mass is 16.5. The summed E-state index contributed by atoms with van der Waals surface area (Å²) in [6, 6.07) is 7.10. The molecule has 6 nitrogen and oxygen atoms in total. The van der Waals surface area contributed by atoms with Gasteiger partial charge in [-0.25, -0.2) is 9.78 Å². The fourth-order valence-corrected chi connectivity index (χ4v) is 1.84. The zero-order chi connectivity index (χ0) is 15.2. The number of nitrogens with one attached hydrogen (secondary N) is 1. The molecule has 0 aromatic carbocycles. The lowest BCUT2D eigenvalue weighted by molar-refractivity contribution is 0.0562. The molecule has 1 atom stereocenters. The standard InChI is InChI=1S/C15H18N2O4/c1-10(12-4-5-13(21-12)15(18)20-3)17-9-11-6-7-16-14(8-11)19-2/h4-8,10,17H,9H2,1-3H3. The van der Waals surface area contributed by atoms with Crippen LogP contribution in [0.5, 0.6) is 5.88 Å². The normalized spacial score (nSPS) is 12.0. The van der Waals surface area contributed by atoms with E-state index in [-0.39, 0.29) is 11.8 Å². The summed E-state index contributed by atoms with van der Waals surface area (Å²) in [5, 5.41) is 3.31. The molecule has 0 aliphatic rings. The number of aromatic nitrogens is 1. The maximum absolute atomic E-state index is 11.3. The van der Waals surface area contributed by atoms with Crippen LogP contribution in [0.15, 0.2) is 34.9 Å². The SMILES string of the molecule is COC(=O)c1ccc(C(C)NCc2ccnc(OC)c2)o1. The average molecular weight is 290 g/mol. The zero-order valence-corrected chi connectivity index (χ0v) is 12.3. The first-order valence-corrected chi connectivity index (χ1v) is 6.54. The van der Waals surface area contributed by atoms with Crippen LogP contribution >= 0.6 is 0 Å². The van der Waals surface area contributed by atoms with Gasteiger partial charge in [-0.2, -0.15) is 0 Å². The fourth-order valence-electron chi connectivity index (χ4n) is 1.84. The van der Waals surface area contributed by atoms with Gasteiger partial charge in [-0.15, -0.1) is 0 Å². The van der Waals surface area contributed by atoms with Crippen molar-refractivity contribution in [2.24, 2.45) is 0 Å². The topological polar surface area (TPSA) is 73.6 Å². The number of ether oxygens (including phenoxy) is 2. The lowest BCUT2D eigenvalue weighted by atomic mass is 10.2. The van der Waals surface area contributed by atoms with Crippen molar-refractivity contribution in [3.05, 3.63) is 47.5 Å². The first-order valence-electron chi connectivity index (χ1n) is 6.54. The first kappa shape index (κ1) is 15.1. The van der Waals surface area contributed by atoms with Crippen molar-refractivity contribution in [2.75, 3.05) is 14.2 Å². The number of pyridine rings is 1. The van der Waals surface area contributed by atoms with Crippen LogP contribution < -0.4 is 10.1 Å². The van der Waals surface area contributed by atoms with Crippen LogP contribution in [-0.2, 0) is 11.3 Å². The van der Waals surface area contributed by atoms with Gasteiger partial charge in [-0.3, -0.25) is 0 Å². The molecule has 0 amide bonds. The number of methoxy groups -OCH3 is 2. The van der Waals surface area contributed by atoms with E-state index in [0.717, 1.165) is 5.56 Å². The first-order chi connectivity index (χ1) is 10.1. The molecule has 0 saturated heterocycles. The molecule has 0 bridgehead atoms. The van der Waals surface area contributed by atoms with E-state index in [1.165, 1.54) is 7.11 Å². The largest absolute Gasteiger partial charge is 0.481 e. The number of esters is 1. The molecule has 0 aliphatic heterocycles. The fraction of sp³-hybridized carbons (Fsp3) is 0.333. The molecule has 112 valence electrons. The zero-order valence-electron chi connectivity index (χ0n) is 12.3. The Morgan fingerprint density at radius 1 is 1.38 bits per heavy atom. The van der Waals surface area contributed by atoms with Gasteiger partial charge in [-0.05, 0) is 30.7 Å². The van der Waals surface area contributed by atoms with E-state index < -0.39 is 5.97 Å². The van der Waals surface area contributed by atoms with Crippen LogP contribution in [0.4, 0.5) is 0 Å². The van der Waals surface area contributed by atoms with Crippen molar-refractivity contribution in [3.63, 3.8) is 0 Å². The summed E-state index contributed by atoms with van der Waals surface area (Å²) < 4.78 is 15.1. The van der Waals surface area contributed by atoms with E-state index >= 15 is 0 Å². The minimum absolute atomic E-state index is 0.0393. The number of nitrogens with zero attached hydrogens (tertiary/aromatic N) is 1. The smallest absolute Gasteiger partial charge is 0.373 e. The maximum atomic E-state index is 11.3. The van der Waals surface area contributed by atoms with Crippen LogP contribution in [-0.4, -0.2) is 25.2 Å². The molecule has 0 fully saturated rings.